The second-order valence-corrected chi connectivity index (χ2v) is 4.34. The SMILES string of the molecule is Oc1ccc2c(c1)oc1cc(Br)ccc12. The Labute approximate surface area is 94.3 Å². The summed E-state index contributed by atoms with van der Waals surface area (Å²) in [5.74, 6) is 0.223. The fourth-order valence-electron chi connectivity index (χ4n) is 1.74. The van der Waals surface area contributed by atoms with Crippen LogP contribution in [0.4, 0.5) is 0 Å². The van der Waals surface area contributed by atoms with Crippen LogP contribution in [0.25, 0.3) is 21.9 Å². The number of fused-ring (bicyclic) bond motifs is 3. The van der Waals surface area contributed by atoms with Crippen molar-refractivity contribution in [1.29, 1.82) is 0 Å². The fourth-order valence-corrected chi connectivity index (χ4v) is 2.08. The van der Waals surface area contributed by atoms with E-state index in [1.54, 1.807) is 12.1 Å². The molecule has 0 radical (unpaired) electrons. The lowest BCUT2D eigenvalue weighted by molar-refractivity contribution is 0.475. The van der Waals surface area contributed by atoms with Gasteiger partial charge in [-0.05, 0) is 30.3 Å². The van der Waals surface area contributed by atoms with E-state index in [2.05, 4.69) is 15.9 Å². The van der Waals surface area contributed by atoms with Gasteiger partial charge in [0.05, 0.1) is 0 Å². The highest BCUT2D eigenvalue weighted by Gasteiger charge is 2.07. The Morgan fingerprint density at radius 1 is 0.933 bits per heavy atom. The van der Waals surface area contributed by atoms with Gasteiger partial charge in [0.25, 0.3) is 0 Å². The highest BCUT2D eigenvalue weighted by atomic mass is 79.9. The van der Waals surface area contributed by atoms with Crippen molar-refractivity contribution in [3.8, 4) is 5.75 Å². The maximum atomic E-state index is 9.34. The Kier molecular flexibility index (Phi) is 1.76. The molecule has 0 atom stereocenters. The average Bonchev–Trinajstić information content (AvgIpc) is 2.53. The first-order valence-electron chi connectivity index (χ1n) is 4.55. The molecule has 0 unspecified atom stereocenters. The van der Waals surface area contributed by atoms with Gasteiger partial charge in [-0.25, -0.2) is 0 Å². The molecule has 0 aliphatic carbocycles. The van der Waals surface area contributed by atoms with Crippen LogP contribution in [0.15, 0.2) is 45.3 Å². The minimum atomic E-state index is 0.223. The van der Waals surface area contributed by atoms with E-state index in [1.807, 2.05) is 24.3 Å². The van der Waals surface area contributed by atoms with Crippen molar-refractivity contribution in [3.05, 3.63) is 40.9 Å². The van der Waals surface area contributed by atoms with E-state index in [4.69, 9.17) is 4.42 Å². The Bertz CT molecular complexity index is 599. The Balaban J connectivity index is 2.51. The third kappa shape index (κ3) is 1.31. The van der Waals surface area contributed by atoms with Crippen LogP contribution in [-0.4, -0.2) is 5.11 Å². The highest BCUT2D eigenvalue weighted by molar-refractivity contribution is 9.10. The van der Waals surface area contributed by atoms with Gasteiger partial charge in [-0.3, -0.25) is 0 Å². The lowest BCUT2D eigenvalue weighted by atomic mass is 10.1. The summed E-state index contributed by atoms with van der Waals surface area (Å²) in [5.41, 5.74) is 1.54. The van der Waals surface area contributed by atoms with Crippen LogP contribution in [0.3, 0.4) is 0 Å². The number of hydrogen-bond donors (Lipinski definition) is 1. The molecule has 0 bridgehead atoms. The standard InChI is InChI=1S/C12H7BrO2/c13-7-1-3-9-10-4-2-8(14)6-12(10)15-11(9)5-7/h1-6,14H. The molecule has 3 aromatic rings. The summed E-state index contributed by atoms with van der Waals surface area (Å²) in [6.45, 7) is 0. The zero-order valence-electron chi connectivity index (χ0n) is 7.70. The number of rotatable bonds is 0. The molecule has 0 saturated carbocycles. The zero-order valence-corrected chi connectivity index (χ0v) is 9.28. The monoisotopic (exact) mass is 262 g/mol. The molecule has 3 rings (SSSR count). The lowest BCUT2D eigenvalue weighted by Crippen LogP contribution is -1.66. The van der Waals surface area contributed by atoms with Crippen molar-refractivity contribution in [3.63, 3.8) is 0 Å². The maximum Gasteiger partial charge on any atom is 0.139 e. The van der Waals surface area contributed by atoms with Gasteiger partial charge in [-0.15, -0.1) is 0 Å². The lowest BCUT2D eigenvalue weighted by Gasteiger charge is -1.90. The quantitative estimate of drug-likeness (QED) is 0.663. The Morgan fingerprint density at radius 3 is 2.40 bits per heavy atom. The molecule has 0 aliphatic heterocycles. The van der Waals surface area contributed by atoms with Gasteiger partial charge in [0, 0.05) is 21.3 Å². The van der Waals surface area contributed by atoms with Crippen LogP contribution in [-0.2, 0) is 0 Å². The molecule has 15 heavy (non-hydrogen) atoms. The van der Waals surface area contributed by atoms with Crippen molar-refractivity contribution in [2.75, 3.05) is 0 Å². The largest absolute Gasteiger partial charge is 0.508 e. The fraction of sp³-hybridized carbons (Fsp3) is 0. The number of aromatic hydroxyl groups is 1. The number of halogens is 1. The topological polar surface area (TPSA) is 33.4 Å². The van der Waals surface area contributed by atoms with Crippen LogP contribution in [0.2, 0.25) is 0 Å². The van der Waals surface area contributed by atoms with Gasteiger partial charge in [0.1, 0.15) is 16.9 Å². The van der Waals surface area contributed by atoms with Gasteiger partial charge in [-0.1, -0.05) is 15.9 Å². The number of hydrogen-bond acceptors (Lipinski definition) is 2. The van der Waals surface area contributed by atoms with Crippen molar-refractivity contribution < 1.29 is 9.52 Å². The first-order valence-corrected chi connectivity index (χ1v) is 5.34. The highest BCUT2D eigenvalue weighted by Crippen LogP contribution is 2.32. The first-order chi connectivity index (χ1) is 7.24. The van der Waals surface area contributed by atoms with Crippen molar-refractivity contribution >= 4 is 37.9 Å². The van der Waals surface area contributed by atoms with E-state index in [0.717, 1.165) is 20.8 Å². The summed E-state index contributed by atoms with van der Waals surface area (Å²) in [6, 6.07) is 11.1. The van der Waals surface area contributed by atoms with E-state index in [1.165, 1.54) is 0 Å². The maximum absolute atomic E-state index is 9.34. The van der Waals surface area contributed by atoms with Crippen molar-refractivity contribution in [2.24, 2.45) is 0 Å². The summed E-state index contributed by atoms with van der Waals surface area (Å²) in [7, 11) is 0. The van der Waals surface area contributed by atoms with E-state index >= 15 is 0 Å². The third-order valence-electron chi connectivity index (χ3n) is 2.42. The normalized spacial score (nSPS) is 11.3. The molecule has 1 N–H and O–H groups in total. The molecule has 0 aliphatic rings. The smallest absolute Gasteiger partial charge is 0.139 e. The molecule has 74 valence electrons. The van der Waals surface area contributed by atoms with E-state index in [9.17, 15) is 5.11 Å². The summed E-state index contributed by atoms with van der Waals surface area (Å²) in [5, 5.41) is 11.4. The molecule has 1 heterocycles. The Morgan fingerprint density at radius 2 is 1.60 bits per heavy atom. The molecule has 0 amide bonds. The van der Waals surface area contributed by atoms with Crippen LogP contribution in [0.5, 0.6) is 5.75 Å². The first kappa shape index (κ1) is 8.80. The van der Waals surface area contributed by atoms with Crippen LogP contribution in [0, 0.1) is 0 Å². The molecule has 2 aromatic carbocycles. The van der Waals surface area contributed by atoms with Crippen LogP contribution in [0.1, 0.15) is 0 Å². The van der Waals surface area contributed by atoms with Gasteiger partial charge in [0.15, 0.2) is 0 Å². The summed E-state index contributed by atoms with van der Waals surface area (Å²) < 4.78 is 6.61. The summed E-state index contributed by atoms with van der Waals surface area (Å²) >= 11 is 3.39. The number of phenolic OH excluding ortho intramolecular Hbond substituents is 1. The van der Waals surface area contributed by atoms with Crippen molar-refractivity contribution in [2.45, 2.75) is 0 Å². The molecule has 0 fully saturated rings. The van der Waals surface area contributed by atoms with Gasteiger partial charge in [-0.2, -0.15) is 0 Å². The van der Waals surface area contributed by atoms with Crippen LogP contribution >= 0.6 is 15.9 Å². The molecule has 0 spiro atoms. The third-order valence-corrected chi connectivity index (χ3v) is 2.91. The average molecular weight is 263 g/mol. The van der Waals surface area contributed by atoms with E-state index in [-0.39, 0.29) is 5.75 Å². The molecular formula is C12H7BrO2. The molecule has 1 aromatic heterocycles. The van der Waals surface area contributed by atoms with E-state index < -0.39 is 0 Å². The van der Waals surface area contributed by atoms with Gasteiger partial charge < -0.3 is 9.52 Å². The predicted molar refractivity (Wildman–Crippen MR) is 63.1 cm³/mol. The minimum Gasteiger partial charge on any atom is -0.508 e. The van der Waals surface area contributed by atoms with Crippen LogP contribution < -0.4 is 0 Å². The number of furan rings is 1. The molecule has 3 heteroatoms. The number of phenols is 1. The molecule has 0 saturated heterocycles. The molecule has 2 nitrogen and oxygen atoms in total. The second-order valence-electron chi connectivity index (χ2n) is 3.42. The van der Waals surface area contributed by atoms with Gasteiger partial charge >= 0.3 is 0 Å². The Hall–Kier alpha value is -1.48. The predicted octanol–water partition coefficient (Wildman–Crippen LogP) is 4.05. The van der Waals surface area contributed by atoms with E-state index in [0.29, 0.717) is 5.58 Å². The number of benzene rings is 2. The second kappa shape index (κ2) is 3.00. The van der Waals surface area contributed by atoms with Crippen molar-refractivity contribution in [1.82, 2.24) is 0 Å². The summed E-state index contributed by atoms with van der Waals surface area (Å²) in [6.07, 6.45) is 0. The zero-order chi connectivity index (χ0) is 10.4. The minimum absolute atomic E-state index is 0.223. The summed E-state index contributed by atoms with van der Waals surface area (Å²) in [4.78, 5) is 0. The molecular weight excluding hydrogens is 256 g/mol. The van der Waals surface area contributed by atoms with Gasteiger partial charge in [0.2, 0.25) is 0 Å².